The Morgan fingerprint density at radius 3 is 2.53 bits per heavy atom. The molecule has 0 spiro atoms. The van der Waals surface area contributed by atoms with Crippen LogP contribution >= 0.6 is 11.6 Å². The molecule has 2 N–H and O–H groups in total. The van der Waals surface area contributed by atoms with Crippen LogP contribution in [-0.4, -0.2) is 6.03 Å². The number of anilines is 1. The van der Waals surface area contributed by atoms with Gasteiger partial charge in [-0.1, -0.05) is 41.9 Å². The van der Waals surface area contributed by atoms with E-state index in [1.54, 1.807) is 18.2 Å². The number of nitrogens with one attached hydrogen (secondary N) is 2. The SMILES string of the molecule is O=C(NCc1ccccc1Cl)Nc1ccccc1F. The molecule has 0 radical (unpaired) electrons. The fourth-order valence-corrected chi connectivity index (χ4v) is 1.75. The number of halogens is 2. The summed E-state index contributed by atoms with van der Waals surface area (Å²) in [4.78, 5) is 11.6. The summed E-state index contributed by atoms with van der Waals surface area (Å²) in [6.07, 6.45) is 0. The highest BCUT2D eigenvalue weighted by Crippen LogP contribution is 2.15. The average molecular weight is 279 g/mol. The molecule has 0 atom stereocenters. The van der Waals surface area contributed by atoms with Gasteiger partial charge in [0.15, 0.2) is 0 Å². The first kappa shape index (κ1) is 13.4. The summed E-state index contributed by atoms with van der Waals surface area (Å²) in [6.45, 7) is 0.278. The molecule has 2 aromatic rings. The van der Waals surface area contributed by atoms with E-state index in [2.05, 4.69) is 10.6 Å². The maximum absolute atomic E-state index is 13.3. The summed E-state index contributed by atoms with van der Waals surface area (Å²) in [7, 11) is 0. The molecule has 0 aliphatic carbocycles. The summed E-state index contributed by atoms with van der Waals surface area (Å²) in [5, 5.41) is 5.62. The summed E-state index contributed by atoms with van der Waals surface area (Å²) in [5.41, 5.74) is 0.937. The van der Waals surface area contributed by atoms with Gasteiger partial charge in [-0.15, -0.1) is 0 Å². The lowest BCUT2D eigenvalue weighted by Crippen LogP contribution is -2.28. The Balaban J connectivity index is 1.92. The van der Waals surface area contributed by atoms with E-state index in [0.29, 0.717) is 5.02 Å². The van der Waals surface area contributed by atoms with Crippen LogP contribution in [0.4, 0.5) is 14.9 Å². The van der Waals surface area contributed by atoms with Crippen molar-refractivity contribution >= 4 is 23.3 Å². The first-order valence-electron chi connectivity index (χ1n) is 5.69. The van der Waals surface area contributed by atoms with Gasteiger partial charge in [0, 0.05) is 11.6 Å². The van der Waals surface area contributed by atoms with Gasteiger partial charge in [-0.3, -0.25) is 0 Å². The standard InChI is InChI=1S/C14H12ClFN2O/c15-11-6-2-1-5-10(11)9-17-14(19)18-13-8-4-3-7-12(13)16/h1-8H,9H2,(H2,17,18,19). The molecule has 0 saturated heterocycles. The zero-order chi connectivity index (χ0) is 13.7. The lowest BCUT2D eigenvalue weighted by Gasteiger charge is -2.09. The van der Waals surface area contributed by atoms with Crippen molar-refractivity contribution in [1.29, 1.82) is 0 Å². The monoisotopic (exact) mass is 278 g/mol. The maximum Gasteiger partial charge on any atom is 0.319 e. The predicted octanol–water partition coefficient (Wildman–Crippen LogP) is 3.80. The van der Waals surface area contributed by atoms with Crippen LogP contribution in [0, 0.1) is 5.82 Å². The van der Waals surface area contributed by atoms with Crippen LogP contribution in [0.15, 0.2) is 48.5 Å². The second-order valence-corrected chi connectivity index (χ2v) is 4.29. The second kappa shape index (κ2) is 6.20. The highest BCUT2D eigenvalue weighted by atomic mass is 35.5. The fraction of sp³-hybridized carbons (Fsp3) is 0.0714. The maximum atomic E-state index is 13.3. The number of hydrogen-bond acceptors (Lipinski definition) is 1. The Morgan fingerprint density at radius 2 is 1.79 bits per heavy atom. The van der Waals surface area contributed by atoms with E-state index < -0.39 is 11.8 Å². The number of benzene rings is 2. The number of hydrogen-bond donors (Lipinski definition) is 2. The highest BCUT2D eigenvalue weighted by Gasteiger charge is 2.06. The quantitative estimate of drug-likeness (QED) is 0.881. The third-order valence-corrected chi connectivity index (χ3v) is 2.89. The minimum atomic E-state index is -0.481. The number of carbonyl (C=O) groups excluding carboxylic acids is 1. The van der Waals surface area contributed by atoms with Crippen LogP contribution in [0.25, 0.3) is 0 Å². The Hall–Kier alpha value is -2.07. The molecule has 2 amide bonds. The van der Waals surface area contributed by atoms with Gasteiger partial charge in [0.25, 0.3) is 0 Å². The molecule has 0 aliphatic heterocycles. The summed E-state index contributed by atoms with van der Waals surface area (Å²) < 4.78 is 13.3. The molecular weight excluding hydrogens is 267 g/mol. The Morgan fingerprint density at radius 1 is 1.11 bits per heavy atom. The summed E-state index contributed by atoms with van der Waals surface area (Å²) in [6, 6.07) is 12.7. The van der Waals surface area contributed by atoms with Gasteiger partial charge in [0.1, 0.15) is 5.82 Å². The average Bonchev–Trinajstić information content (AvgIpc) is 2.40. The molecule has 98 valence electrons. The van der Waals surface area contributed by atoms with Crippen molar-refractivity contribution in [2.24, 2.45) is 0 Å². The van der Waals surface area contributed by atoms with Gasteiger partial charge in [-0.25, -0.2) is 9.18 Å². The minimum absolute atomic E-state index is 0.138. The van der Waals surface area contributed by atoms with Gasteiger partial charge < -0.3 is 10.6 Å². The zero-order valence-electron chi connectivity index (χ0n) is 9.99. The van der Waals surface area contributed by atoms with Gasteiger partial charge in [0.05, 0.1) is 5.69 Å². The van der Waals surface area contributed by atoms with E-state index >= 15 is 0 Å². The third-order valence-electron chi connectivity index (χ3n) is 2.52. The van der Waals surface area contributed by atoms with Crippen LogP contribution in [0.2, 0.25) is 5.02 Å². The lowest BCUT2D eigenvalue weighted by atomic mass is 10.2. The fourth-order valence-electron chi connectivity index (χ4n) is 1.55. The normalized spacial score (nSPS) is 10.0. The van der Waals surface area contributed by atoms with E-state index in [1.807, 2.05) is 18.2 Å². The van der Waals surface area contributed by atoms with Gasteiger partial charge >= 0.3 is 6.03 Å². The Labute approximate surface area is 115 Å². The number of amides is 2. The summed E-state index contributed by atoms with van der Waals surface area (Å²) >= 11 is 5.96. The number of para-hydroxylation sites is 1. The molecule has 0 unspecified atom stereocenters. The molecular formula is C14H12ClFN2O. The molecule has 0 aliphatic rings. The molecule has 2 rings (SSSR count). The molecule has 0 aromatic heterocycles. The van der Waals surface area contributed by atoms with Crippen molar-refractivity contribution < 1.29 is 9.18 Å². The third kappa shape index (κ3) is 3.69. The number of rotatable bonds is 3. The molecule has 5 heteroatoms. The van der Waals surface area contributed by atoms with Crippen LogP contribution in [-0.2, 0) is 6.54 Å². The lowest BCUT2D eigenvalue weighted by molar-refractivity contribution is 0.251. The largest absolute Gasteiger partial charge is 0.334 e. The molecule has 0 saturated carbocycles. The van der Waals surface area contributed by atoms with Crippen LogP contribution < -0.4 is 10.6 Å². The first-order chi connectivity index (χ1) is 9.16. The summed E-state index contributed by atoms with van der Waals surface area (Å²) in [5.74, 6) is -0.476. The molecule has 2 aromatic carbocycles. The zero-order valence-corrected chi connectivity index (χ0v) is 10.7. The molecule has 0 bridgehead atoms. The van der Waals surface area contributed by atoms with E-state index in [1.165, 1.54) is 12.1 Å². The van der Waals surface area contributed by atoms with Crippen LogP contribution in [0.1, 0.15) is 5.56 Å². The van der Waals surface area contributed by atoms with Crippen molar-refractivity contribution in [3.05, 3.63) is 64.9 Å². The van der Waals surface area contributed by atoms with E-state index in [4.69, 9.17) is 11.6 Å². The van der Waals surface area contributed by atoms with Gasteiger partial charge in [-0.05, 0) is 23.8 Å². The molecule has 0 heterocycles. The van der Waals surface area contributed by atoms with E-state index in [9.17, 15) is 9.18 Å². The van der Waals surface area contributed by atoms with Crippen molar-refractivity contribution in [3.8, 4) is 0 Å². The van der Waals surface area contributed by atoms with Crippen molar-refractivity contribution in [2.75, 3.05) is 5.32 Å². The van der Waals surface area contributed by atoms with Gasteiger partial charge in [0.2, 0.25) is 0 Å². The number of urea groups is 1. The van der Waals surface area contributed by atoms with Crippen molar-refractivity contribution in [1.82, 2.24) is 5.32 Å². The van der Waals surface area contributed by atoms with Crippen molar-refractivity contribution in [2.45, 2.75) is 6.54 Å². The van der Waals surface area contributed by atoms with Crippen molar-refractivity contribution in [3.63, 3.8) is 0 Å². The molecule has 19 heavy (non-hydrogen) atoms. The van der Waals surface area contributed by atoms with Crippen LogP contribution in [0.5, 0.6) is 0 Å². The predicted molar refractivity (Wildman–Crippen MR) is 73.7 cm³/mol. The Kier molecular flexibility index (Phi) is 4.36. The molecule has 3 nitrogen and oxygen atoms in total. The smallest absolute Gasteiger partial charge is 0.319 e. The Bertz CT molecular complexity index is 589. The second-order valence-electron chi connectivity index (χ2n) is 3.88. The van der Waals surface area contributed by atoms with Crippen LogP contribution in [0.3, 0.4) is 0 Å². The van der Waals surface area contributed by atoms with Gasteiger partial charge in [-0.2, -0.15) is 0 Å². The van der Waals surface area contributed by atoms with E-state index in [0.717, 1.165) is 5.56 Å². The minimum Gasteiger partial charge on any atom is -0.334 e. The van der Waals surface area contributed by atoms with E-state index in [-0.39, 0.29) is 12.2 Å². The topological polar surface area (TPSA) is 41.1 Å². The highest BCUT2D eigenvalue weighted by molar-refractivity contribution is 6.31. The molecule has 0 fully saturated rings. The first-order valence-corrected chi connectivity index (χ1v) is 6.07. The number of carbonyl (C=O) groups is 1.